The highest BCUT2D eigenvalue weighted by atomic mass is 32.2. The van der Waals surface area contributed by atoms with Crippen LogP contribution in [0.4, 0.5) is 5.69 Å². The smallest absolute Gasteiger partial charge is 0.251 e. The van der Waals surface area contributed by atoms with E-state index < -0.39 is 6.04 Å². The number of carbonyl (C=O) groups excluding carboxylic acids is 3. The van der Waals surface area contributed by atoms with E-state index in [9.17, 15) is 14.4 Å². The molecule has 0 bridgehead atoms. The summed E-state index contributed by atoms with van der Waals surface area (Å²) < 4.78 is 0. The van der Waals surface area contributed by atoms with Crippen LogP contribution in [0.5, 0.6) is 0 Å². The number of nitrogens with one attached hydrogen (secondary N) is 2. The zero-order chi connectivity index (χ0) is 19.1. The molecule has 0 radical (unpaired) electrons. The minimum atomic E-state index is -0.441. The minimum Gasteiger partial charge on any atom is -0.347 e. The molecule has 2 fully saturated rings. The maximum atomic E-state index is 12.7. The van der Waals surface area contributed by atoms with Crippen molar-refractivity contribution < 1.29 is 14.4 Å². The van der Waals surface area contributed by atoms with Gasteiger partial charge in [-0.1, -0.05) is 0 Å². The normalized spacial score (nSPS) is 25.2. The molecule has 2 atom stereocenters. The van der Waals surface area contributed by atoms with Gasteiger partial charge < -0.3 is 15.5 Å². The van der Waals surface area contributed by atoms with Crippen LogP contribution in [0.2, 0.25) is 0 Å². The molecule has 0 unspecified atom stereocenters. The highest BCUT2D eigenvalue weighted by Gasteiger charge is 2.52. The van der Waals surface area contributed by atoms with Crippen molar-refractivity contribution in [3.8, 4) is 0 Å². The Hall–Kier alpha value is -2.02. The number of carbonyl (C=O) groups is 3. The van der Waals surface area contributed by atoms with Crippen LogP contribution in [0.15, 0.2) is 24.3 Å². The van der Waals surface area contributed by atoms with Crippen molar-refractivity contribution in [1.82, 2.24) is 10.2 Å². The summed E-state index contributed by atoms with van der Waals surface area (Å²) in [5, 5.41) is 5.77. The monoisotopic (exact) mass is 375 g/mol. The lowest BCUT2D eigenvalue weighted by molar-refractivity contribution is -0.135. The predicted octanol–water partition coefficient (Wildman–Crippen LogP) is 2.61. The van der Waals surface area contributed by atoms with Crippen LogP contribution < -0.4 is 10.6 Å². The Morgan fingerprint density at radius 1 is 1.23 bits per heavy atom. The zero-order valence-corrected chi connectivity index (χ0v) is 16.4. The third kappa shape index (κ3) is 3.72. The molecule has 2 heterocycles. The molecule has 2 N–H and O–H groups in total. The molecule has 0 aromatic heterocycles. The summed E-state index contributed by atoms with van der Waals surface area (Å²) in [4.78, 5) is 38.4. The van der Waals surface area contributed by atoms with E-state index in [0.717, 1.165) is 6.42 Å². The van der Waals surface area contributed by atoms with Crippen molar-refractivity contribution in [2.24, 2.45) is 0 Å². The second-order valence-electron chi connectivity index (χ2n) is 8.04. The maximum Gasteiger partial charge on any atom is 0.251 e. The summed E-state index contributed by atoms with van der Waals surface area (Å²) in [6, 6.07) is 6.35. The number of nitrogens with zero attached hydrogens (tertiary/aromatic N) is 1. The third-order valence-electron chi connectivity index (χ3n) is 4.65. The molecule has 26 heavy (non-hydrogen) atoms. The summed E-state index contributed by atoms with van der Waals surface area (Å²) >= 11 is 1.67. The minimum absolute atomic E-state index is 0.0480. The van der Waals surface area contributed by atoms with E-state index in [1.807, 2.05) is 27.7 Å². The molecule has 2 aliphatic rings. The molecule has 2 saturated heterocycles. The summed E-state index contributed by atoms with van der Waals surface area (Å²) in [6.45, 7) is 7.80. The molecule has 1 aromatic carbocycles. The van der Waals surface area contributed by atoms with Crippen molar-refractivity contribution >= 4 is 35.2 Å². The number of rotatable bonds is 3. The quantitative estimate of drug-likeness (QED) is 0.851. The first-order chi connectivity index (χ1) is 12.1. The van der Waals surface area contributed by atoms with Crippen LogP contribution in [0.3, 0.4) is 0 Å². The van der Waals surface area contributed by atoms with E-state index in [-0.39, 0.29) is 28.1 Å². The Bertz CT molecular complexity index is 741. The fourth-order valence-electron chi connectivity index (χ4n) is 3.36. The van der Waals surface area contributed by atoms with Crippen molar-refractivity contribution in [1.29, 1.82) is 0 Å². The second-order valence-corrected chi connectivity index (χ2v) is 9.54. The first-order valence-corrected chi connectivity index (χ1v) is 9.77. The average Bonchev–Trinajstić information content (AvgIpc) is 3.03. The Kier molecular flexibility index (Phi) is 4.77. The molecule has 3 rings (SSSR count). The highest BCUT2D eigenvalue weighted by Crippen LogP contribution is 2.47. The largest absolute Gasteiger partial charge is 0.347 e. The van der Waals surface area contributed by atoms with Gasteiger partial charge in [0.15, 0.2) is 0 Å². The van der Waals surface area contributed by atoms with Crippen LogP contribution in [-0.2, 0) is 9.59 Å². The van der Waals surface area contributed by atoms with Crippen LogP contribution in [0.1, 0.15) is 50.9 Å². The lowest BCUT2D eigenvalue weighted by atomic mass is 10.1. The number of amides is 3. The number of hydrogen-bond donors (Lipinski definition) is 2. The Morgan fingerprint density at radius 2 is 1.88 bits per heavy atom. The number of thioether (sulfide) groups is 1. The van der Waals surface area contributed by atoms with Gasteiger partial charge in [-0.05, 0) is 58.4 Å². The molecule has 140 valence electrons. The molecule has 7 heteroatoms. The first kappa shape index (κ1) is 18.8. The van der Waals surface area contributed by atoms with Gasteiger partial charge in [0.2, 0.25) is 11.8 Å². The summed E-state index contributed by atoms with van der Waals surface area (Å²) in [6.07, 6.45) is 1.29. The van der Waals surface area contributed by atoms with Gasteiger partial charge in [-0.2, -0.15) is 0 Å². The number of hydrogen-bond acceptors (Lipinski definition) is 4. The Labute approximate surface area is 158 Å². The van der Waals surface area contributed by atoms with E-state index in [0.29, 0.717) is 23.4 Å². The number of anilines is 1. The van der Waals surface area contributed by atoms with E-state index in [2.05, 4.69) is 10.6 Å². The van der Waals surface area contributed by atoms with Gasteiger partial charge in [-0.3, -0.25) is 14.4 Å². The molecule has 6 nitrogen and oxygen atoms in total. The van der Waals surface area contributed by atoms with Crippen molar-refractivity contribution in [3.05, 3.63) is 29.8 Å². The van der Waals surface area contributed by atoms with Crippen molar-refractivity contribution in [2.75, 3.05) is 11.1 Å². The molecule has 1 aromatic rings. The van der Waals surface area contributed by atoms with Gasteiger partial charge in [-0.25, -0.2) is 0 Å². The van der Waals surface area contributed by atoms with Crippen molar-refractivity contribution in [2.45, 2.75) is 57.0 Å². The van der Waals surface area contributed by atoms with E-state index in [1.165, 1.54) is 0 Å². The average molecular weight is 375 g/mol. The van der Waals surface area contributed by atoms with E-state index >= 15 is 0 Å². The zero-order valence-electron chi connectivity index (χ0n) is 15.6. The fraction of sp³-hybridized carbons (Fsp3) is 0.526. The van der Waals surface area contributed by atoms with Crippen LogP contribution in [0, 0.1) is 0 Å². The van der Waals surface area contributed by atoms with Crippen molar-refractivity contribution in [3.63, 3.8) is 0 Å². The Morgan fingerprint density at radius 3 is 2.50 bits per heavy atom. The van der Waals surface area contributed by atoms with Crippen LogP contribution in [-0.4, -0.2) is 44.8 Å². The Balaban J connectivity index is 1.65. The van der Waals surface area contributed by atoms with Gasteiger partial charge >= 0.3 is 0 Å². The standard InChI is InChI=1S/C19H25N3O3S/c1-18(2,3)21-16(24)12-5-7-13(8-6-12)20-17(25)14-11-26-19(4)10-9-15(23)22(14)19/h5-8,14H,9-11H2,1-4H3,(H,20,25)(H,21,24)/t14-,19+/m1/s1. The van der Waals surface area contributed by atoms with Gasteiger partial charge in [-0.15, -0.1) is 11.8 Å². The fourth-order valence-corrected chi connectivity index (χ4v) is 4.79. The third-order valence-corrected chi connectivity index (χ3v) is 6.16. The van der Waals surface area contributed by atoms with Gasteiger partial charge in [0.05, 0.1) is 4.87 Å². The molecule has 0 saturated carbocycles. The molecular formula is C19H25N3O3S. The van der Waals surface area contributed by atoms with Gasteiger partial charge in [0.1, 0.15) is 6.04 Å². The van der Waals surface area contributed by atoms with E-state index in [4.69, 9.17) is 0 Å². The number of fused-ring (bicyclic) bond motifs is 1. The molecule has 0 spiro atoms. The molecular weight excluding hydrogens is 350 g/mol. The highest BCUT2D eigenvalue weighted by molar-refractivity contribution is 8.01. The predicted molar refractivity (Wildman–Crippen MR) is 103 cm³/mol. The lowest BCUT2D eigenvalue weighted by Gasteiger charge is -2.29. The van der Waals surface area contributed by atoms with Crippen LogP contribution >= 0.6 is 11.8 Å². The second kappa shape index (κ2) is 6.61. The molecule has 3 amide bonds. The molecule has 0 aliphatic carbocycles. The topological polar surface area (TPSA) is 78.5 Å². The lowest BCUT2D eigenvalue weighted by Crippen LogP contribution is -2.48. The molecule has 2 aliphatic heterocycles. The van der Waals surface area contributed by atoms with Gasteiger partial charge in [0, 0.05) is 29.0 Å². The van der Waals surface area contributed by atoms with Crippen LogP contribution in [0.25, 0.3) is 0 Å². The number of benzene rings is 1. The summed E-state index contributed by atoms with van der Waals surface area (Å²) in [5.74, 6) is 0.330. The van der Waals surface area contributed by atoms with Gasteiger partial charge in [0.25, 0.3) is 5.91 Å². The summed E-state index contributed by atoms with van der Waals surface area (Å²) in [5.41, 5.74) is 0.850. The maximum absolute atomic E-state index is 12.7. The SMILES string of the molecule is CC(C)(C)NC(=O)c1ccc(NC(=O)[C@H]2CS[C@@]3(C)CCC(=O)N23)cc1. The van der Waals surface area contributed by atoms with E-state index in [1.54, 1.807) is 40.9 Å². The first-order valence-electron chi connectivity index (χ1n) is 8.79. The summed E-state index contributed by atoms with van der Waals surface area (Å²) in [7, 11) is 0.